The molecule has 0 aliphatic carbocycles. The van der Waals surface area contributed by atoms with E-state index in [1.165, 1.54) is 12.1 Å². The molecule has 21 heavy (non-hydrogen) atoms. The van der Waals surface area contributed by atoms with Gasteiger partial charge in [-0.05, 0) is 12.1 Å². The zero-order valence-corrected chi connectivity index (χ0v) is 14.1. The highest BCUT2D eigenvalue weighted by molar-refractivity contribution is 9.10. The highest BCUT2D eigenvalue weighted by atomic mass is 79.9. The molecule has 0 fully saturated rings. The molecule has 0 saturated carbocycles. The number of carboxylic acid groups (broad SMARTS) is 1. The standard InChI is InChI=1S/C10H9BrCl2N2O5S/c11-5-1-6(12)10(7(13)2-5)21(19,20)15-3-8(16)14-4-9(17)18/h1-2,15H,3-4H2,(H,14,16)(H,17,18). The van der Waals surface area contributed by atoms with E-state index >= 15 is 0 Å². The number of halogens is 3. The number of rotatable bonds is 6. The first-order valence-electron chi connectivity index (χ1n) is 5.26. The van der Waals surface area contributed by atoms with E-state index in [-0.39, 0.29) is 14.9 Å². The SMILES string of the molecule is O=C(O)CNC(=O)CNS(=O)(=O)c1c(Cl)cc(Br)cc1Cl. The molecular formula is C10H9BrCl2N2O5S. The average molecular weight is 420 g/mol. The number of hydrogen-bond donors (Lipinski definition) is 3. The summed E-state index contributed by atoms with van der Waals surface area (Å²) in [5, 5.41) is 10.1. The first kappa shape index (κ1) is 18.2. The summed E-state index contributed by atoms with van der Waals surface area (Å²) in [5.74, 6) is -2.05. The molecule has 0 unspecified atom stereocenters. The number of hydrogen-bond acceptors (Lipinski definition) is 4. The molecule has 0 bridgehead atoms. The summed E-state index contributed by atoms with van der Waals surface area (Å²) in [4.78, 5) is 21.2. The Morgan fingerprint density at radius 2 is 1.71 bits per heavy atom. The number of nitrogens with one attached hydrogen (secondary N) is 2. The lowest BCUT2D eigenvalue weighted by Gasteiger charge is -2.10. The number of carbonyl (C=O) groups excluding carboxylic acids is 1. The Labute approximate surface area is 138 Å². The summed E-state index contributed by atoms with van der Waals surface area (Å²) in [6.07, 6.45) is 0. The molecule has 1 amide bonds. The molecule has 0 heterocycles. The summed E-state index contributed by atoms with van der Waals surface area (Å²) < 4.78 is 26.6. The van der Waals surface area contributed by atoms with Crippen LogP contribution in [0.4, 0.5) is 0 Å². The van der Waals surface area contributed by atoms with Gasteiger partial charge in [-0.1, -0.05) is 39.1 Å². The van der Waals surface area contributed by atoms with Crippen LogP contribution in [0, 0.1) is 0 Å². The minimum Gasteiger partial charge on any atom is -0.480 e. The van der Waals surface area contributed by atoms with Crippen LogP contribution in [0.2, 0.25) is 10.0 Å². The fourth-order valence-corrected chi connectivity index (χ4v) is 4.17. The van der Waals surface area contributed by atoms with Crippen molar-refractivity contribution in [1.82, 2.24) is 10.0 Å². The second-order valence-corrected chi connectivity index (χ2v) is 7.13. The molecule has 11 heteroatoms. The second kappa shape index (κ2) is 7.41. The molecule has 7 nitrogen and oxygen atoms in total. The number of aliphatic carboxylic acids is 1. The quantitative estimate of drug-likeness (QED) is 0.641. The molecular weight excluding hydrogens is 411 g/mol. The zero-order valence-electron chi connectivity index (χ0n) is 10.2. The maximum atomic E-state index is 12.0. The normalized spacial score (nSPS) is 11.2. The van der Waals surface area contributed by atoms with Crippen LogP contribution < -0.4 is 10.0 Å². The van der Waals surface area contributed by atoms with E-state index in [0.29, 0.717) is 4.47 Å². The van der Waals surface area contributed by atoms with Gasteiger partial charge in [-0.3, -0.25) is 9.59 Å². The van der Waals surface area contributed by atoms with Crippen LogP contribution in [0.5, 0.6) is 0 Å². The van der Waals surface area contributed by atoms with Crippen LogP contribution in [0.25, 0.3) is 0 Å². The van der Waals surface area contributed by atoms with Gasteiger partial charge in [0.05, 0.1) is 16.6 Å². The average Bonchev–Trinajstić information content (AvgIpc) is 2.32. The van der Waals surface area contributed by atoms with Gasteiger partial charge in [0.1, 0.15) is 11.4 Å². The summed E-state index contributed by atoms with van der Waals surface area (Å²) in [6.45, 7) is -1.25. The molecule has 1 aromatic carbocycles. The van der Waals surface area contributed by atoms with Crippen LogP contribution >= 0.6 is 39.1 Å². The van der Waals surface area contributed by atoms with Crippen LogP contribution in [0.1, 0.15) is 0 Å². The number of benzene rings is 1. The van der Waals surface area contributed by atoms with E-state index < -0.39 is 35.0 Å². The highest BCUT2D eigenvalue weighted by Crippen LogP contribution is 2.32. The lowest BCUT2D eigenvalue weighted by Crippen LogP contribution is -2.39. The Morgan fingerprint density at radius 3 is 2.19 bits per heavy atom. The van der Waals surface area contributed by atoms with E-state index in [1.807, 2.05) is 10.0 Å². The number of sulfonamides is 1. The summed E-state index contributed by atoms with van der Waals surface area (Å²) >= 11 is 14.8. The molecule has 0 spiro atoms. The molecule has 1 aromatic rings. The lowest BCUT2D eigenvalue weighted by atomic mass is 10.4. The molecule has 0 aromatic heterocycles. The van der Waals surface area contributed by atoms with Gasteiger partial charge in [0, 0.05) is 4.47 Å². The lowest BCUT2D eigenvalue weighted by molar-refractivity contribution is -0.137. The van der Waals surface area contributed by atoms with Gasteiger partial charge in [0.2, 0.25) is 15.9 Å². The third-order valence-electron chi connectivity index (χ3n) is 2.09. The maximum absolute atomic E-state index is 12.0. The van der Waals surface area contributed by atoms with Gasteiger partial charge in [-0.25, -0.2) is 13.1 Å². The predicted molar refractivity (Wildman–Crippen MR) is 80.0 cm³/mol. The van der Waals surface area contributed by atoms with Gasteiger partial charge >= 0.3 is 5.97 Å². The Kier molecular flexibility index (Phi) is 6.41. The third kappa shape index (κ3) is 5.44. The van der Waals surface area contributed by atoms with E-state index in [4.69, 9.17) is 28.3 Å². The topological polar surface area (TPSA) is 113 Å². The molecule has 3 N–H and O–H groups in total. The largest absolute Gasteiger partial charge is 0.480 e. The van der Waals surface area contributed by atoms with Crippen molar-refractivity contribution in [1.29, 1.82) is 0 Å². The fourth-order valence-electron chi connectivity index (χ4n) is 1.26. The van der Waals surface area contributed by atoms with Crippen molar-refractivity contribution >= 4 is 61.0 Å². The van der Waals surface area contributed by atoms with Gasteiger partial charge in [-0.2, -0.15) is 0 Å². The van der Waals surface area contributed by atoms with Crippen LogP contribution in [-0.2, 0) is 19.6 Å². The first-order valence-corrected chi connectivity index (χ1v) is 8.29. The predicted octanol–water partition coefficient (Wildman–Crippen LogP) is 1.24. The van der Waals surface area contributed by atoms with Gasteiger partial charge < -0.3 is 10.4 Å². The minimum absolute atomic E-state index is 0.118. The fraction of sp³-hybridized carbons (Fsp3) is 0.200. The van der Waals surface area contributed by atoms with Gasteiger partial charge in [0.15, 0.2) is 0 Å². The van der Waals surface area contributed by atoms with Crippen molar-refractivity contribution in [3.8, 4) is 0 Å². The van der Waals surface area contributed by atoms with E-state index in [0.717, 1.165) is 0 Å². The van der Waals surface area contributed by atoms with Crippen LogP contribution in [0.15, 0.2) is 21.5 Å². The summed E-state index contributed by atoms with van der Waals surface area (Å²) in [7, 11) is -4.11. The maximum Gasteiger partial charge on any atom is 0.322 e. The van der Waals surface area contributed by atoms with Gasteiger partial charge in [-0.15, -0.1) is 0 Å². The van der Waals surface area contributed by atoms with Crippen molar-refractivity contribution in [3.05, 3.63) is 26.7 Å². The second-order valence-electron chi connectivity index (χ2n) is 3.69. The smallest absolute Gasteiger partial charge is 0.322 e. The number of carbonyl (C=O) groups is 2. The van der Waals surface area contributed by atoms with Crippen LogP contribution in [0.3, 0.4) is 0 Å². The Morgan fingerprint density at radius 1 is 1.19 bits per heavy atom. The zero-order chi connectivity index (χ0) is 16.2. The van der Waals surface area contributed by atoms with Gasteiger partial charge in [0.25, 0.3) is 0 Å². The number of carboxylic acids is 1. The third-order valence-corrected chi connectivity index (χ3v) is 4.87. The summed E-state index contributed by atoms with van der Waals surface area (Å²) in [6, 6.07) is 2.68. The first-order chi connectivity index (χ1) is 9.63. The molecule has 1 rings (SSSR count). The number of amides is 1. The van der Waals surface area contributed by atoms with E-state index in [2.05, 4.69) is 15.9 Å². The molecule has 0 aliphatic rings. The molecule has 0 atom stereocenters. The Hall–Kier alpha value is -0.870. The van der Waals surface area contributed by atoms with Crippen molar-refractivity contribution in [2.24, 2.45) is 0 Å². The Bertz CT molecular complexity index is 657. The van der Waals surface area contributed by atoms with E-state index in [1.54, 1.807) is 0 Å². The van der Waals surface area contributed by atoms with Crippen LogP contribution in [-0.4, -0.2) is 38.5 Å². The Balaban J connectivity index is 2.84. The van der Waals surface area contributed by atoms with Crippen molar-refractivity contribution in [2.75, 3.05) is 13.1 Å². The molecule has 0 radical (unpaired) electrons. The van der Waals surface area contributed by atoms with Crippen molar-refractivity contribution in [3.63, 3.8) is 0 Å². The van der Waals surface area contributed by atoms with E-state index in [9.17, 15) is 18.0 Å². The molecule has 0 aliphatic heterocycles. The highest BCUT2D eigenvalue weighted by Gasteiger charge is 2.23. The summed E-state index contributed by atoms with van der Waals surface area (Å²) in [5.41, 5.74) is 0. The minimum atomic E-state index is -4.11. The molecule has 0 saturated heterocycles. The monoisotopic (exact) mass is 418 g/mol. The van der Waals surface area contributed by atoms with Crippen molar-refractivity contribution < 1.29 is 23.1 Å². The molecule has 116 valence electrons. The van der Waals surface area contributed by atoms with Crippen molar-refractivity contribution in [2.45, 2.75) is 4.90 Å².